The van der Waals surface area contributed by atoms with Crippen molar-refractivity contribution in [2.24, 2.45) is 0 Å². The van der Waals surface area contributed by atoms with Crippen LogP contribution in [0.1, 0.15) is 41.6 Å². The number of rotatable bonds is 4. The van der Waals surface area contributed by atoms with Crippen LogP contribution in [0.15, 0.2) is 18.2 Å². The Labute approximate surface area is 118 Å². The van der Waals surface area contributed by atoms with Crippen molar-refractivity contribution in [3.05, 3.63) is 35.1 Å². The average molecular weight is 284 g/mol. The van der Waals surface area contributed by atoms with E-state index >= 15 is 0 Å². The molecule has 0 radical (unpaired) electrons. The molecular weight excluding hydrogens is 265 g/mol. The Hall–Kier alpha value is -1.09. The Morgan fingerprint density at radius 1 is 1.42 bits per heavy atom. The highest BCUT2D eigenvalue weighted by molar-refractivity contribution is 6.18. The molecule has 0 heterocycles. The number of carbonyl (C=O) groups excluding carboxylic acids is 1. The minimum absolute atomic E-state index is 0.0231. The number of nitrogens with zero attached hydrogens (tertiary/aromatic N) is 1. The van der Waals surface area contributed by atoms with Crippen molar-refractivity contribution >= 4 is 17.5 Å². The molecule has 0 aliphatic heterocycles. The molecule has 4 heteroatoms. The molecule has 1 aliphatic rings. The number of halogens is 2. The molecular formula is C15H19ClFNO. The molecule has 0 aromatic heterocycles. The zero-order valence-electron chi connectivity index (χ0n) is 11.2. The van der Waals surface area contributed by atoms with Gasteiger partial charge in [-0.25, -0.2) is 4.39 Å². The maximum Gasteiger partial charge on any atom is 0.254 e. The predicted molar refractivity (Wildman–Crippen MR) is 75.1 cm³/mol. The number of carbonyl (C=O) groups is 1. The van der Waals surface area contributed by atoms with Crippen molar-refractivity contribution in [3.8, 4) is 0 Å². The van der Waals surface area contributed by atoms with E-state index in [9.17, 15) is 9.18 Å². The van der Waals surface area contributed by atoms with E-state index in [1.165, 1.54) is 25.0 Å². The van der Waals surface area contributed by atoms with Crippen molar-refractivity contribution in [2.75, 3.05) is 12.4 Å². The molecule has 2 rings (SSSR count). The van der Waals surface area contributed by atoms with Crippen molar-refractivity contribution in [2.45, 2.75) is 38.6 Å². The maximum absolute atomic E-state index is 13.1. The summed E-state index contributed by atoms with van der Waals surface area (Å²) in [6, 6.07) is 4.60. The third-order valence-corrected chi connectivity index (χ3v) is 3.94. The van der Waals surface area contributed by atoms with E-state index < -0.39 is 0 Å². The summed E-state index contributed by atoms with van der Waals surface area (Å²) in [5, 5.41) is 0. The molecule has 0 spiro atoms. The smallest absolute Gasteiger partial charge is 0.254 e. The minimum atomic E-state index is -0.307. The van der Waals surface area contributed by atoms with Crippen molar-refractivity contribution in [3.63, 3.8) is 0 Å². The topological polar surface area (TPSA) is 20.3 Å². The lowest BCUT2D eigenvalue weighted by Gasteiger charge is -2.29. The van der Waals surface area contributed by atoms with E-state index in [0.29, 0.717) is 23.6 Å². The molecule has 1 saturated carbocycles. The van der Waals surface area contributed by atoms with Gasteiger partial charge in [-0.3, -0.25) is 4.79 Å². The second kappa shape index (κ2) is 6.38. The largest absolute Gasteiger partial charge is 0.334 e. The lowest BCUT2D eigenvalue weighted by Crippen LogP contribution is -2.40. The van der Waals surface area contributed by atoms with Gasteiger partial charge in [0.1, 0.15) is 5.82 Å². The van der Waals surface area contributed by atoms with Gasteiger partial charge in [0.25, 0.3) is 5.91 Å². The first-order chi connectivity index (χ1) is 9.13. The third-order valence-electron chi connectivity index (χ3n) is 3.77. The van der Waals surface area contributed by atoms with Gasteiger partial charge in [0.05, 0.1) is 0 Å². The highest BCUT2D eigenvalue weighted by Crippen LogP contribution is 2.25. The second-order valence-electron chi connectivity index (χ2n) is 5.09. The molecule has 1 aliphatic carbocycles. The number of alkyl halides is 1. The van der Waals surface area contributed by atoms with Gasteiger partial charge >= 0.3 is 0 Å². The van der Waals surface area contributed by atoms with Gasteiger partial charge in [-0.2, -0.15) is 0 Å². The number of benzene rings is 1. The van der Waals surface area contributed by atoms with E-state index in [2.05, 4.69) is 0 Å². The van der Waals surface area contributed by atoms with Crippen LogP contribution in [0.25, 0.3) is 0 Å². The fourth-order valence-electron chi connectivity index (χ4n) is 2.78. The highest BCUT2D eigenvalue weighted by Gasteiger charge is 2.27. The SMILES string of the molecule is Cc1cc(F)ccc1C(=O)N(CCCl)C1CCCC1. The minimum Gasteiger partial charge on any atom is -0.334 e. The van der Waals surface area contributed by atoms with Crippen LogP contribution in [0.2, 0.25) is 0 Å². The number of amides is 1. The molecule has 0 saturated heterocycles. The molecule has 2 nitrogen and oxygen atoms in total. The molecule has 1 aromatic carbocycles. The Kier molecular flexibility index (Phi) is 4.81. The summed E-state index contributed by atoms with van der Waals surface area (Å²) in [6.45, 7) is 2.33. The highest BCUT2D eigenvalue weighted by atomic mass is 35.5. The van der Waals surface area contributed by atoms with Crippen LogP contribution in [0, 0.1) is 12.7 Å². The molecule has 0 unspecified atom stereocenters. The molecule has 1 amide bonds. The van der Waals surface area contributed by atoms with Crippen LogP contribution in [0.3, 0.4) is 0 Å². The van der Waals surface area contributed by atoms with Gasteiger partial charge in [-0.05, 0) is 43.5 Å². The Balaban J connectivity index is 2.22. The quantitative estimate of drug-likeness (QED) is 0.771. The molecule has 104 valence electrons. The van der Waals surface area contributed by atoms with Gasteiger partial charge < -0.3 is 4.90 Å². The van der Waals surface area contributed by atoms with Gasteiger partial charge in [0, 0.05) is 24.0 Å². The van der Waals surface area contributed by atoms with Gasteiger partial charge in [0.2, 0.25) is 0 Å². The van der Waals surface area contributed by atoms with Crippen LogP contribution in [0.5, 0.6) is 0 Å². The Bertz CT molecular complexity index is 457. The molecule has 1 aromatic rings. The fraction of sp³-hybridized carbons (Fsp3) is 0.533. The first kappa shape index (κ1) is 14.3. The summed E-state index contributed by atoms with van der Waals surface area (Å²) in [6.07, 6.45) is 4.42. The second-order valence-corrected chi connectivity index (χ2v) is 5.46. The third kappa shape index (κ3) is 3.27. The van der Waals surface area contributed by atoms with Gasteiger partial charge in [0.15, 0.2) is 0 Å². The van der Waals surface area contributed by atoms with Crippen LogP contribution in [-0.4, -0.2) is 29.3 Å². The lowest BCUT2D eigenvalue weighted by atomic mass is 10.1. The van der Waals surface area contributed by atoms with Crippen LogP contribution in [0.4, 0.5) is 4.39 Å². The molecule has 0 atom stereocenters. The van der Waals surface area contributed by atoms with E-state index in [-0.39, 0.29) is 17.8 Å². The van der Waals surface area contributed by atoms with E-state index in [0.717, 1.165) is 12.8 Å². The summed E-state index contributed by atoms with van der Waals surface area (Å²) in [5.74, 6) is 0.103. The van der Waals surface area contributed by atoms with Crippen molar-refractivity contribution in [1.29, 1.82) is 0 Å². The number of aryl methyl sites for hydroxylation is 1. The van der Waals surface area contributed by atoms with Crippen LogP contribution in [-0.2, 0) is 0 Å². The van der Waals surface area contributed by atoms with Gasteiger partial charge in [-0.15, -0.1) is 11.6 Å². The van der Waals surface area contributed by atoms with Crippen LogP contribution >= 0.6 is 11.6 Å². The summed E-state index contributed by atoms with van der Waals surface area (Å²) in [4.78, 5) is 14.5. The summed E-state index contributed by atoms with van der Waals surface area (Å²) in [7, 11) is 0. The first-order valence-electron chi connectivity index (χ1n) is 6.76. The fourth-order valence-corrected chi connectivity index (χ4v) is 2.96. The zero-order chi connectivity index (χ0) is 13.8. The summed E-state index contributed by atoms with van der Waals surface area (Å²) < 4.78 is 13.1. The number of hydrogen-bond donors (Lipinski definition) is 0. The van der Waals surface area contributed by atoms with E-state index in [1.807, 2.05) is 4.90 Å². The molecule has 0 N–H and O–H groups in total. The van der Waals surface area contributed by atoms with Gasteiger partial charge in [-0.1, -0.05) is 12.8 Å². The predicted octanol–water partition coefficient (Wildman–Crippen LogP) is 3.76. The zero-order valence-corrected chi connectivity index (χ0v) is 11.9. The molecule has 1 fully saturated rings. The monoisotopic (exact) mass is 283 g/mol. The standard InChI is InChI=1S/C15H19ClFNO/c1-11-10-12(17)6-7-14(11)15(19)18(9-8-16)13-4-2-3-5-13/h6-7,10,13H,2-5,8-9H2,1H3. The Morgan fingerprint density at radius 3 is 2.68 bits per heavy atom. The molecule has 0 bridgehead atoms. The summed E-state index contributed by atoms with van der Waals surface area (Å²) in [5.41, 5.74) is 1.26. The van der Waals surface area contributed by atoms with E-state index in [1.54, 1.807) is 13.0 Å². The van der Waals surface area contributed by atoms with Crippen molar-refractivity contribution < 1.29 is 9.18 Å². The average Bonchev–Trinajstić information content (AvgIpc) is 2.89. The number of hydrogen-bond acceptors (Lipinski definition) is 1. The molecule has 19 heavy (non-hydrogen) atoms. The summed E-state index contributed by atoms with van der Waals surface area (Å²) >= 11 is 5.82. The normalized spacial score (nSPS) is 15.7. The lowest BCUT2D eigenvalue weighted by molar-refractivity contribution is 0.0694. The Morgan fingerprint density at radius 2 is 2.11 bits per heavy atom. The first-order valence-corrected chi connectivity index (χ1v) is 7.30. The van der Waals surface area contributed by atoms with Crippen molar-refractivity contribution in [1.82, 2.24) is 4.90 Å². The van der Waals surface area contributed by atoms with Crippen LogP contribution < -0.4 is 0 Å². The van der Waals surface area contributed by atoms with E-state index in [4.69, 9.17) is 11.6 Å². The maximum atomic E-state index is 13.1.